The fourth-order valence-corrected chi connectivity index (χ4v) is 2.67. The molecule has 0 bridgehead atoms. The molecule has 118 valence electrons. The molecule has 1 amide bonds. The molecule has 0 unspecified atom stereocenters. The minimum atomic E-state index is -1.04. The Morgan fingerprint density at radius 1 is 1.52 bits per heavy atom. The molecule has 1 heterocycles. The van der Waals surface area contributed by atoms with Crippen molar-refractivity contribution in [3.05, 3.63) is 23.8 Å². The Bertz CT molecular complexity index is 465. The van der Waals surface area contributed by atoms with E-state index in [1.807, 2.05) is 39.8 Å². The highest BCUT2D eigenvalue weighted by molar-refractivity contribution is 5.69. The summed E-state index contributed by atoms with van der Waals surface area (Å²) in [7, 11) is 0. The third-order valence-electron chi connectivity index (χ3n) is 3.83. The number of rotatable bonds is 1. The van der Waals surface area contributed by atoms with Gasteiger partial charge in [0.1, 0.15) is 11.2 Å². The Labute approximate surface area is 126 Å². The van der Waals surface area contributed by atoms with Crippen LogP contribution in [-0.4, -0.2) is 53.0 Å². The maximum atomic E-state index is 12.4. The zero-order valence-corrected chi connectivity index (χ0v) is 13.3. The van der Waals surface area contributed by atoms with Crippen LogP contribution in [0.25, 0.3) is 0 Å². The number of carbonyl (C=O) groups excluding carboxylic acids is 1. The van der Waals surface area contributed by atoms with Gasteiger partial charge in [-0.1, -0.05) is 23.8 Å². The smallest absolute Gasteiger partial charge is 0.410 e. The number of piperazine rings is 1. The van der Waals surface area contributed by atoms with Crippen molar-refractivity contribution < 1.29 is 14.6 Å². The van der Waals surface area contributed by atoms with Gasteiger partial charge in [-0.05, 0) is 27.7 Å². The van der Waals surface area contributed by atoms with Crippen molar-refractivity contribution in [2.45, 2.75) is 51.4 Å². The van der Waals surface area contributed by atoms with E-state index in [1.54, 1.807) is 11.0 Å². The van der Waals surface area contributed by atoms with Crippen LogP contribution in [0.3, 0.4) is 0 Å². The van der Waals surface area contributed by atoms with E-state index in [0.717, 1.165) is 5.57 Å². The van der Waals surface area contributed by atoms with Crippen LogP contribution in [0.5, 0.6) is 0 Å². The number of aliphatic hydroxyl groups is 1. The summed E-state index contributed by atoms with van der Waals surface area (Å²) in [5.74, 6) is 0. The van der Waals surface area contributed by atoms with Crippen molar-refractivity contribution in [3.8, 4) is 0 Å². The number of hydrogen-bond donors (Lipinski definition) is 2. The van der Waals surface area contributed by atoms with E-state index in [4.69, 9.17) is 4.74 Å². The van der Waals surface area contributed by atoms with Crippen LogP contribution >= 0.6 is 0 Å². The van der Waals surface area contributed by atoms with E-state index >= 15 is 0 Å². The molecule has 2 rings (SSSR count). The van der Waals surface area contributed by atoms with Gasteiger partial charge in [0, 0.05) is 26.1 Å². The second-order valence-electron chi connectivity index (χ2n) is 6.87. The Balaban J connectivity index is 2.16. The van der Waals surface area contributed by atoms with Gasteiger partial charge in [-0.25, -0.2) is 4.79 Å². The Morgan fingerprint density at radius 3 is 2.81 bits per heavy atom. The lowest BCUT2D eigenvalue weighted by Gasteiger charge is -2.45. The number of amides is 1. The van der Waals surface area contributed by atoms with E-state index in [9.17, 15) is 9.90 Å². The third-order valence-corrected chi connectivity index (χ3v) is 3.83. The lowest BCUT2D eigenvalue weighted by molar-refractivity contribution is -0.0385. The van der Waals surface area contributed by atoms with Crippen molar-refractivity contribution >= 4 is 6.09 Å². The van der Waals surface area contributed by atoms with Gasteiger partial charge in [0.05, 0.1) is 6.04 Å². The molecule has 0 aromatic rings. The summed E-state index contributed by atoms with van der Waals surface area (Å²) >= 11 is 0. The topological polar surface area (TPSA) is 61.8 Å². The minimum absolute atomic E-state index is 0.318. The fraction of sp³-hybridized carbons (Fsp3) is 0.688. The summed E-state index contributed by atoms with van der Waals surface area (Å²) in [5, 5.41) is 14.2. The maximum absolute atomic E-state index is 12.4. The highest BCUT2D eigenvalue weighted by Crippen LogP contribution is 2.29. The minimum Gasteiger partial charge on any atom is -0.444 e. The van der Waals surface area contributed by atoms with Crippen molar-refractivity contribution in [1.82, 2.24) is 10.2 Å². The molecule has 2 N–H and O–H groups in total. The lowest BCUT2D eigenvalue weighted by atomic mass is 9.84. The molecule has 0 radical (unpaired) electrons. The summed E-state index contributed by atoms with van der Waals surface area (Å²) in [5.41, 5.74) is -0.440. The highest BCUT2D eigenvalue weighted by atomic mass is 16.6. The molecule has 1 aliphatic carbocycles. The van der Waals surface area contributed by atoms with E-state index in [0.29, 0.717) is 26.1 Å². The quantitative estimate of drug-likeness (QED) is 0.774. The normalized spacial score (nSPS) is 30.0. The van der Waals surface area contributed by atoms with Crippen LogP contribution in [0.15, 0.2) is 23.8 Å². The van der Waals surface area contributed by atoms with Gasteiger partial charge in [-0.2, -0.15) is 0 Å². The van der Waals surface area contributed by atoms with Gasteiger partial charge < -0.3 is 15.2 Å². The molecular weight excluding hydrogens is 268 g/mol. The first-order valence-electron chi connectivity index (χ1n) is 7.50. The van der Waals surface area contributed by atoms with Gasteiger partial charge in [-0.3, -0.25) is 4.90 Å². The molecule has 0 aromatic heterocycles. The zero-order chi connectivity index (χ0) is 15.7. The van der Waals surface area contributed by atoms with Gasteiger partial charge in [0.25, 0.3) is 0 Å². The summed E-state index contributed by atoms with van der Waals surface area (Å²) in [6.07, 6.45) is 5.87. The fourth-order valence-electron chi connectivity index (χ4n) is 2.67. The SMILES string of the molecule is CC1=CC[C@@](O)([C@H]2CNCCN2C(=O)OC(C)(C)C)C=C1. The van der Waals surface area contributed by atoms with Crippen LogP contribution in [0, 0.1) is 0 Å². The van der Waals surface area contributed by atoms with Gasteiger partial charge >= 0.3 is 6.09 Å². The summed E-state index contributed by atoms with van der Waals surface area (Å²) < 4.78 is 5.47. The molecule has 2 atom stereocenters. The number of nitrogens with zero attached hydrogens (tertiary/aromatic N) is 1. The Morgan fingerprint density at radius 2 is 2.24 bits per heavy atom. The first kappa shape index (κ1) is 16.0. The van der Waals surface area contributed by atoms with Crippen LogP contribution < -0.4 is 5.32 Å². The number of hydrogen-bond acceptors (Lipinski definition) is 4. The second-order valence-corrected chi connectivity index (χ2v) is 6.87. The summed E-state index contributed by atoms with van der Waals surface area (Å²) in [6, 6.07) is -0.318. The monoisotopic (exact) mass is 294 g/mol. The van der Waals surface area contributed by atoms with Crippen molar-refractivity contribution in [3.63, 3.8) is 0 Å². The lowest BCUT2D eigenvalue weighted by Crippen LogP contribution is -2.63. The van der Waals surface area contributed by atoms with Gasteiger partial charge in [0.15, 0.2) is 0 Å². The zero-order valence-electron chi connectivity index (χ0n) is 13.3. The Kier molecular flexibility index (Phi) is 4.44. The molecule has 0 saturated carbocycles. The molecule has 2 aliphatic rings. The Hall–Kier alpha value is -1.33. The van der Waals surface area contributed by atoms with Crippen LogP contribution in [0.1, 0.15) is 34.1 Å². The summed E-state index contributed by atoms with van der Waals surface area (Å²) in [4.78, 5) is 14.1. The average Bonchev–Trinajstić information content (AvgIpc) is 2.40. The first-order valence-corrected chi connectivity index (χ1v) is 7.50. The molecule has 0 spiro atoms. The maximum Gasteiger partial charge on any atom is 0.410 e. The van der Waals surface area contributed by atoms with Crippen molar-refractivity contribution in [1.29, 1.82) is 0 Å². The number of ether oxygens (including phenoxy) is 1. The molecular formula is C16H26N2O3. The van der Waals surface area contributed by atoms with Crippen LogP contribution in [0.4, 0.5) is 4.79 Å². The van der Waals surface area contributed by atoms with Gasteiger partial charge in [-0.15, -0.1) is 0 Å². The average molecular weight is 294 g/mol. The van der Waals surface area contributed by atoms with Crippen LogP contribution in [0.2, 0.25) is 0 Å². The third kappa shape index (κ3) is 3.86. The van der Waals surface area contributed by atoms with Crippen molar-refractivity contribution in [2.75, 3.05) is 19.6 Å². The van der Waals surface area contributed by atoms with E-state index in [2.05, 4.69) is 5.32 Å². The van der Waals surface area contributed by atoms with E-state index < -0.39 is 11.2 Å². The van der Waals surface area contributed by atoms with Gasteiger partial charge in [0.2, 0.25) is 0 Å². The highest BCUT2D eigenvalue weighted by Gasteiger charge is 2.43. The molecule has 5 nitrogen and oxygen atoms in total. The largest absolute Gasteiger partial charge is 0.444 e. The predicted molar refractivity (Wildman–Crippen MR) is 82.1 cm³/mol. The number of allylic oxidation sites excluding steroid dienone is 2. The molecule has 5 heteroatoms. The molecule has 21 heavy (non-hydrogen) atoms. The number of nitrogens with one attached hydrogen (secondary N) is 1. The molecule has 1 aliphatic heterocycles. The molecule has 0 aromatic carbocycles. The van der Waals surface area contributed by atoms with E-state index in [-0.39, 0.29) is 12.1 Å². The van der Waals surface area contributed by atoms with Crippen molar-refractivity contribution in [2.24, 2.45) is 0 Å². The molecule has 1 fully saturated rings. The second kappa shape index (κ2) is 5.81. The van der Waals surface area contributed by atoms with E-state index in [1.165, 1.54) is 0 Å². The number of carbonyl (C=O) groups is 1. The predicted octanol–water partition coefficient (Wildman–Crippen LogP) is 1.83. The standard InChI is InChI=1S/C16H26N2O3/c1-12-5-7-16(20,8-6-12)13-11-17-9-10-18(13)14(19)21-15(2,3)4/h5-7,13,17,20H,8-11H2,1-4H3/t13-,16-/m1/s1. The van der Waals surface area contributed by atoms with Crippen LogP contribution in [-0.2, 0) is 4.74 Å². The first-order chi connectivity index (χ1) is 9.71. The summed E-state index contributed by atoms with van der Waals surface area (Å²) in [6.45, 7) is 9.37. The molecule has 1 saturated heterocycles.